The molecule has 2 rings (SSSR count). The molecule has 0 saturated carbocycles. The topological polar surface area (TPSA) is 41.9 Å². The molecule has 0 aliphatic carbocycles. The van der Waals surface area contributed by atoms with Gasteiger partial charge in [0, 0.05) is 37.9 Å². The van der Waals surface area contributed by atoms with Crippen LogP contribution in [0.3, 0.4) is 0 Å². The van der Waals surface area contributed by atoms with Crippen LogP contribution in [-0.2, 0) is 16.0 Å². The van der Waals surface area contributed by atoms with Crippen LogP contribution in [0.25, 0.3) is 0 Å². The fourth-order valence-corrected chi connectivity index (χ4v) is 2.78. The van der Waals surface area contributed by atoms with E-state index in [0.717, 1.165) is 25.5 Å². The first-order valence-corrected chi connectivity index (χ1v) is 8.05. The Balaban J connectivity index is 1.97. The average molecular weight is 339 g/mol. The first-order chi connectivity index (χ1) is 11.6. The molecule has 1 aliphatic heterocycles. The number of halogens is 2. The van der Waals surface area contributed by atoms with Crippen molar-refractivity contribution < 1.29 is 23.4 Å². The Kier molecular flexibility index (Phi) is 7.60. The van der Waals surface area contributed by atoms with E-state index >= 15 is 0 Å². The van der Waals surface area contributed by atoms with Crippen molar-refractivity contribution in [1.29, 1.82) is 0 Å². The van der Waals surface area contributed by atoms with Crippen molar-refractivity contribution in [3.8, 4) is 12.3 Å². The van der Waals surface area contributed by atoms with Crippen molar-refractivity contribution in [2.24, 2.45) is 0 Å². The molecule has 0 amide bonds. The summed E-state index contributed by atoms with van der Waals surface area (Å²) in [6.45, 7) is 2.09. The van der Waals surface area contributed by atoms with Gasteiger partial charge in [-0.1, -0.05) is 12.0 Å². The van der Waals surface area contributed by atoms with E-state index in [1.807, 2.05) is 4.90 Å². The van der Waals surface area contributed by atoms with Crippen molar-refractivity contribution in [1.82, 2.24) is 4.90 Å². The lowest BCUT2D eigenvalue weighted by molar-refractivity contribution is 0.00928. The highest BCUT2D eigenvalue weighted by atomic mass is 19.1. The normalized spacial score (nSPS) is 18.7. The maximum Gasteiger partial charge on any atom is 0.130 e. The molecular formula is C18H23F2NO3. The largest absolute Gasteiger partial charge is 0.389 e. The van der Waals surface area contributed by atoms with Crippen LogP contribution >= 0.6 is 0 Å². The van der Waals surface area contributed by atoms with Gasteiger partial charge in [-0.25, -0.2) is 8.78 Å². The molecule has 0 bridgehead atoms. The van der Waals surface area contributed by atoms with Gasteiger partial charge in [-0.2, -0.15) is 0 Å². The quantitative estimate of drug-likeness (QED) is 0.552. The molecular weight excluding hydrogens is 316 g/mol. The van der Waals surface area contributed by atoms with E-state index in [2.05, 4.69) is 5.92 Å². The van der Waals surface area contributed by atoms with E-state index in [9.17, 15) is 13.9 Å². The van der Waals surface area contributed by atoms with Crippen molar-refractivity contribution >= 4 is 0 Å². The second-order valence-corrected chi connectivity index (χ2v) is 5.94. The van der Waals surface area contributed by atoms with E-state index < -0.39 is 17.7 Å². The molecule has 2 unspecified atom stereocenters. The van der Waals surface area contributed by atoms with Crippen molar-refractivity contribution in [2.75, 3.05) is 32.9 Å². The number of aliphatic hydroxyl groups excluding tert-OH is 1. The molecule has 1 heterocycles. The van der Waals surface area contributed by atoms with Crippen LogP contribution in [0.1, 0.15) is 18.4 Å². The van der Waals surface area contributed by atoms with Gasteiger partial charge in [0.05, 0.1) is 18.8 Å². The number of aliphatic hydroxyl groups is 1. The summed E-state index contributed by atoms with van der Waals surface area (Å²) in [6, 6.07) is 3.52. The van der Waals surface area contributed by atoms with E-state index in [1.165, 1.54) is 12.1 Å². The first kappa shape index (κ1) is 18.8. The van der Waals surface area contributed by atoms with Gasteiger partial charge in [-0.05, 0) is 18.9 Å². The van der Waals surface area contributed by atoms with Crippen molar-refractivity contribution in [2.45, 2.75) is 31.6 Å². The summed E-state index contributed by atoms with van der Waals surface area (Å²) in [4.78, 5) is 1.90. The molecule has 1 aliphatic rings. The third-order valence-corrected chi connectivity index (χ3v) is 3.86. The molecule has 132 valence electrons. The molecule has 0 radical (unpaired) electrons. The molecule has 0 spiro atoms. The summed E-state index contributed by atoms with van der Waals surface area (Å²) in [5.74, 6) is 1.14. The number of benzene rings is 1. The third-order valence-electron chi connectivity index (χ3n) is 3.86. The van der Waals surface area contributed by atoms with Crippen LogP contribution in [-0.4, -0.2) is 55.1 Å². The van der Waals surface area contributed by atoms with Crippen molar-refractivity contribution in [3.63, 3.8) is 0 Å². The summed E-state index contributed by atoms with van der Waals surface area (Å²) >= 11 is 0. The summed E-state index contributed by atoms with van der Waals surface area (Å²) < 4.78 is 37.7. The van der Waals surface area contributed by atoms with Gasteiger partial charge >= 0.3 is 0 Å². The first-order valence-electron chi connectivity index (χ1n) is 8.05. The Morgan fingerprint density at radius 2 is 2.29 bits per heavy atom. The maximum atomic E-state index is 13.9. The van der Waals surface area contributed by atoms with Crippen LogP contribution < -0.4 is 0 Å². The van der Waals surface area contributed by atoms with Crippen molar-refractivity contribution in [3.05, 3.63) is 35.4 Å². The molecule has 1 fully saturated rings. The highest BCUT2D eigenvalue weighted by Gasteiger charge is 2.22. The number of hydrogen-bond donors (Lipinski definition) is 1. The van der Waals surface area contributed by atoms with Gasteiger partial charge in [0.1, 0.15) is 18.2 Å². The lowest BCUT2D eigenvalue weighted by Crippen LogP contribution is -2.39. The monoisotopic (exact) mass is 339 g/mol. The van der Waals surface area contributed by atoms with E-state index in [-0.39, 0.29) is 25.9 Å². The van der Waals surface area contributed by atoms with Crippen LogP contribution in [0.4, 0.5) is 8.78 Å². The third kappa shape index (κ3) is 6.17. The molecule has 1 N–H and O–H groups in total. The van der Waals surface area contributed by atoms with E-state index in [4.69, 9.17) is 15.9 Å². The van der Waals surface area contributed by atoms with E-state index in [1.54, 1.807) is 0 Å². The Hall–Kier alpha value is -1.52. The minimum atomic E-state index is -0.747. The molecule has 24 heavy (non-hydrogen) atoms. The summed E-state index contributed by atoms with van der Waals surface area (Å²) in [7, 11) is 0. The highest BCUT2D eigenvalue weighted by Crippen LogP contribution is 2.17. The Morgan fingerprint density at radius 3 is 2.96 bits per heavy atom. The van der Waals surface area contributed by atoms with Crippen LogP contribution in [0, 0.1) is 24.0 Å². The Morgan fingerprint density at radius 1 is 1.46 bits per heavy atom. The average Bonchev–Trinajstić information content (AvgIpc) is 3.03. The summed E-state index contributed by atoms with van der Waals surface area (Å²) in [5.41, 5.74) is 0.381. The molecule has 2 atom stereocenters. The van der Waals surface area contributed by atoms with Gasteiger partial charge in [0.2, 0.25) is 0 Å². The fourth-order valence-electron chi connectivity index (χ4n) is 2.78. The minimum Gasteiger partial charge on any atom is -0.389 e. The van der Waals surface area contributed by atoms with Gasteiger partial charge in [-0.15, -0.1) is 6.42 Å². The van der Waals surface area contributed by atoms with Crippen LogP contribution in [0.2, 0.25) is 0 Å². The van der Waals surface area contributed by atoms with E-state index in [0.29, 0.717) is 18.7 Å². The van der Waals surface area contributed by atoms with Crippen LogP contribution in [0.15, 0.2) is 18.2 Å². The molecule has 1 aromatic carbocycles. The minimum absolute atomic E-state index is 0.0623. The smallest absolute Gasteiger partial charge is 0.130 e. The number of hydrogen-bond acceptors (Lipinski definition) is 4. The second kappa shape index (κ2) is 9.70. The molecule has 0 aromatic heterocycles. The highest BCUT2D eigenvalue weighted by molar-refractivity contribution is 5.18. The SMILES string of the molecule is C#CCOCC(O)CN(Cc1ccc(F)cc1F)CC1CCCO1. The molecule has 1 saturated heterocycles. The predicted molar refractivity (Wildman–Crippen MR) is 86.3 cm³/mol. The van der Waals surface area contributed by atoms with Gasteiger partial charge in [-0.3, -0.25) is 4.90 Å². The lowest BCUT2D eigenvalue weighted by atomic mass is 10.1. The van der Waals surface area contributed by atoms with Crippen LogP contribution in [0.5, 0.6) is 0 Å². The number of rotatable bonds is 9. The molecule has 4 nitrogen and oxygen atoms in total. The Bertz CT molecular complexity index is 556. The molecule has 6 heteroatoms. The number of terminal acetylenes is 1. The van der Waals surface area contributed by atoms with Gasteiger partial charge in [0.25, 0.3) is 0 Å². The summed E-state index contributed by atoms with van der Waals surface area (Å²) in [5, 5.41) is 10.1. The lowest BCUT2D eigenvalue weighted by Gasteiger charge is -2.27. The standard InChI is InChI=1S/C18H23F2NO3/c1-2-7-23-13-16(22)11-21(12-17-4-3-8-24-17)10-14-5-6-15(19)9-18(14)20/h1,5-6,9,16-17,22H,3-4,7-8,10-13H2. The van der Waals surface area contributed by atoms with Gasteiger partial charge in [0.15, 0.2) is 0 Å². The summed E-state index contributed by atoms with van der Waals surface area (Å²) in [6.07, 6.45) is 6.35. The maximum absolute atomic E-state index is 13.9. The molecule has 1 aromatic rings. The predicted octanol–water partition coefficient (Wildman–Crippen LogP) is 1.96. The van der Waals surface area contributed by atoms with Gasteiger partial charge < -0.3 is 14.6 Å². The second-order valence-electron chi connectivity index (χ2n) is 5.94. The zero-order valence-electron chi connectivity index (χ0n) is 13.6. The Labute approximate surface area is 141 Å². The number of ether oxygens (including phenoxy) is 2. The fraction of sp³-hybridized carbons (Fsp3) is 0.556. The number of nitrogens with zero attached hydrogens (tertiary/aromatic N) is 1. The zero-order chi connectivity index (χ0) is 17.4. The zero-order valence-corrected chi connectivity index (χ0v) is 13.6.